The number of aromatic nitrogens is 2. The number of alkyl halides is 3. The summed E-state index contributed by atoms with van der Waals surface area (Å²) in [5.74, 6) is 0.490. The van der Waals surface area contributed by atoms with E-state index in [0.29, 0.717) is 55.3 Å². The van der Waals surface area contributed by atoms with Gasteiger partial charge in [0.1, 0.15) is 17.8 Å². The third kappa shape index (κ3) is 7.29. The Labute approximate surface area is 240 Å². The topological polar surface area (TPSA) is 79.8 Å². The summed E-state index contributed by atoms with van der Waals surface area (Å²) in [5, 5.41) is 3.35. The van der Waals surface area contributed by atoms with E-state index in [-0.39, 0.29) is 24.0 Å². The van der Waals surface area contributed by atoms with Crippen molar-refractivity contribution in [3.05, 3.63) is 41.4 Å². The Morgan fingerprint density at radius 3 is 2.51 bits per heavy atom. The van der Waals surface area contributed by atoms with Crippen LogP contribution in [-0.4, -0.2) is 96.0 Å². The maximum absolute atomic E-state index is 13.4. The molecule has 11 heteroatoms. The van der Waals surface area contributed by atoms with Gasteiger partial charge < -0.3 is 24.6 Å². The van der Waals surface area contributed by atoms with Gasteiger partial charge >= 0.3 is 6.18 Å². The quantitative estimate of drug-likeness (QED) is 0.493. The third-order valence-electron chi connectivity index (χ3n) is 9.18. The van der Waals surface area contributed by atoms with Crippen LogP contribution in [0, 0.1) is 12.8 Å². The first kappa shape index (κ1) is 30.0. The molecular formula is C30H42F3N5O3. The van der Waals surface area contributed by atoms with Crippen LogP contribution in [0.15, 0.2) is 30.1 Å². The number of nitrogens with one attached hydrogen (secondary N) is 1. The Hall–Kier alpha value is -2.50. The van der Waals surface area contributed by atoms with Crippen LogP contribution in [0.1, 0.15) is 67.4 Å². The summed E-state index contributed by atoms with van der Waals surface area (Å²) in [6, 6.07) is 0.506. The lowest BCUT2D eigenvalue weighted by Gasteiger charge is -2.41. The molecule has 1 aromatic heterocycles. The minimum atomic E-state index is -4.31. The van der Waals surface area contributed by atoms with Gasteiger partial charge in [-0.05, 0) is 58.3 Å². The largest absolute Gasteiger partial charge is 0.416 e. The number of methoxy groups -OCH3 is 1. The number of piperidine rings is 2. The number of rotatable bonds is 7. The van der Waals surface area contributed by atoms with Gasteiger partial charge in [0.25, 0.3) is 5.91 Å². The first-order chi connectivity index (χ1) is 19.7. The van der Waals surface area contributed by atoms with Gasteiger partial charge in [0, 0.05) is 57.4 Å². The number of ether oxygens (including phenoxy) is 2. The standard InChI is InChI=1S/C30H42F3N5O3/c1-20-27(29(39)38-14-10-23(11-15-38)37-16-12-24(40-2)13-17-37)35-19-36-28(20)34-18-25-4-3-5-26(41-25)21-6-8-22(9-7-21)30(31,32)33/h6,8-9,19,21,23-26H,3-5,7,10-18H2,1-2H3,(H,34,35,36)/t21?,25-,26+/m1/s1. The van der Waals surface area contributed by atoms with Crippen LogP contribution in [0.2, 0.25) is 0 Å². The van der Waals surface area contributed by atoms with Crippen molar-refractivity contribution in [1.29, 1.82) is 0 Å². The number of halogens is 3. The lowest BCUT2D eigenvalue weighted by molar-refractivity contribution is -0.0899. The average molecular weight is 578 g/mol. The SMILES string of the molecule is COC1CCN(C2CCN(C(=O)c3ncnc(NC[C@H]4CCC[C@@H](C5C=CC(C(F)(F)F)=CC5)O4)c3C)CC2)CC1. The first-order valence-electron chi connectivity index (χ1n) is 15.0. The number of anilines is 1. The highest BCUT2D eigenvalue weighted by Gasteiger charge is 2.36. The Bertz CT molecular complexity index is 1110. The van der Waals surface area contributed by atoms with Gasteiger partial charge in [0.15, 0.2) is 0 Å². The lowest BCUT2D eigenvalue weighted by atomic mass is 9.87. The molecule has 0 radical (unpaired) electrons. The molecule has 1 aliphatic carbocycles. The molecule has 1 aromatic rings. The van der Waals surface area contributed by atoms with Crippen molar-refractivity contribution in [2.24, 2.45) is 5.92 Å². The van der Waals surface area contributed by atoms with E-state index in [4.69, 9.17) is 9.47 Å². The molecule has 1 unspecified atom stereocenters. The van der Waals surface area contributed by atoms with Crippen LogP contribution < -0.4 is 5.32 Å². The summed E-state index contributed by atoms with van der Waals surface area (Å²) in [4.78, 5) is 26.6. The van der Waals surface area contributed by atoms with Crippen LogP contribution in [0.5, 0.6) is 0 Å². The summed E-state index contributed by atoms with van der Waals surface area (Å²) >= 11 is 0. The highest BCUT2D eigenvalue weighted by atomic mass is 19.4. The molecule has 3 fully saturated rings. The maximum atomic E-state index is 13.4. The second kappa shape index (κ2) is 13.2. The van der Waals surface area contributed by atoms with Crippen LogP contribution in [-0.2, 0) is 9.47 Å². The zero-order chi connectivity index (χ0) is 29.0. The van der Waals surface area contributed by atoms with Crippen molar-refractivity contribution >= 4 is 11.7 Å². The van der Waals surface area contributed by atoms with E-state index < -0.39 is 11.7 Å². The van der Waals surface area contributed by atoms with E-state index in [1.54, 1.807) is 13.2 Å². The van der Waals surface area contributed by atoms with E-state index in [9.17, 15) is 18.0 Å². The predicted molar refractivity (Wildman–Crippen MR) is 150 cm³/mol. The highest BCUT2D eigenvalue weighted by Crippen LogP contribution is 2.35. The van der Waals surface area contributed by atoms with Crippen molar-refractivity contribution in [1.82, 2.24) is 19.8 Å². The highest BCUT2D eigenvalue weighted by molar-refractivity contribution is 5.94. The Balaban J connectivity index is 1.11. The minimum Gasteiger partial charge on any atom is -0.381 e. The van der Waals surface area contributed by atoms with Crippen molar-refractivity contribution in [3.63, 3.8) is 0 Å². The van der Waals surface area contributed by atoms with E-state index in [2.05, 4.69) is 20.2 Å². The number of hydrogen-bond donors (Lipinski definition) is 1. The summed E-state index contributed by atoms with van der Waals surface area (Å²) in [7, 11) is 1.79. The molecule has 8 nitrogen and oxygen atoms in total. The summed E-state index contributed by atoms with van der Waals surface area (Å²) in [6.07, 6.45) is 8.38. The smallest absolute Gasteiger partial charge is 0.381 e. The molecule has 0 saturated carbocycles. The molecule has 5 rings (SSSR count). The number of carbonyl (C=O) groups excluding carboxylic acids is 1. The fourth-order valence-corrected chi connectivity index (χ4v) is 6.63. The Kier molecular flexibility index (Phi) is 9.66. The molecule has 0 aromatic carbocycles. The van der Waals surface area contributed by atoms with Crippen LogP contribution in [0.4, 0.5) is 19.0 Å². The van der Waals surface area contributed by atoms with Crippen molar-refractivity contribution < 1.29 is 27.4 Å². The van der Waals surface area contributed by atoms with Crippen LogP contribution in [0.25, 0.3) is 0 Å². The van der Waals surface area contributed by atoms with Gasteiger partial charge in [-0.25, -0.2) is 9.97 Å². The summed E-state index contributed by atoms with van der Waals surface area (Å²) < 4.78 is 50.7. The fraction of sp³-hybridized carbons (Fsp3) is 0.700. The van der Waals surface area contributed by atoms with E-state index >= 15 is 0 Å². The second-order valence-electron chi connectivity index (χ2n) is 11.7. The predicted octanol–water partition coefficient (Wildman–Crippen LogP) is 4.91. The second-order valence-corrected chi connectivity index (χ2v) is 11.7. The van der Waals surface area contributed by atoms with Gasteiger partial charge in [-0.1, -0.05) is 18.2 Å². The summed E-state index contributed by atoms with van der Waals surface area (Å²) in [5.41, 5.74) is 0.553. The van der Waals surface area contributed by atoms with Gasteiger partial charge in [0.05, 0.1) is 23.9 Å². The molecule has 3 aliphatic heterocycles. The zero-order valence-electron chi connectivity index (χ0n) is 24.0. The molecule has 0 bridgehead atoms. The normalized spacial score (nSPS) is 27.1. The number of likely N-dealkylation sites (tertiary alicyclic amines) is 2. The first-order valence-corrected chi connectivity index (χ1v) is 15.0. The molecule has 0 spiro atoms. The average Bonchev–Trinajstić information content (AvgIpc) is 3.00. The number of allylic oxidation sites excluding steroid dienone is 3. The number of amides is 1. The molecule has 3 saturated heterocycles. The molecule has 4 heterocycles. The van der Waals surface area contributed by atoms with Crippen LogP contribution >= 0.6 is 0 Å². The summed E-state index contributed by atoms with van der Waals surface area (Å²) in [6.45, 7) is 5.91. The molecule has 1 N–H and O–H groups in total. The maximum Gasteiger partial charge on any atom is 0.416 e. The number of nitrogens with zero attached hydrogens (tertiary/aromatic N) is 4. The van der Waals surface area contributed by atoms with E-state index in [1.807, 2.05) is 11.8 Å². The van der Waals surface area contributed by atoms with Gasteiger partial charge in [-0.2, -0.15) is 13.2 Å². The monoisotopic (exact) mass is 577 g/mol. The molecule has 41 heavy (non-hydrogen) atoms. The van der Waals surface area contributed by atoms with Gasteiger partial charge in [-0.3, -0.25) is 4.79 Å². The van der Waals surface area contributed by atoms with Crippen LogP contribution in [0.3, 0.4) is 0 Å². The molecule has 226 valence electrons. The minimum absolute atomic E-state index is 0.0600. The van der Waals surface area contributed by atoms with Crippen molar-refractivity contribution in [2.75, 3.05) is 45.2 Å². The van der Waals surface area contributed by atoms with Crippen molar-refractivity contribution in [2.45, 2.75) is 88.8 Å². The lowest BCUT2D eigenvalue weighted by Crippen LogP contribution is -2.49. The zero-order valence-corrected chi connectivity index (χ0v) is 24.0. The van der Waals surface area contributed by atoms with E-state index in [0.717, 1.165) is 58.0 Å². The van der Waals surface area contributed by atoms with Gasteiger partial charge in [0.2, 0.25) is 0 Å². The van der Waals surface area contributed by atoms with E-state index in [1.165, 1.54) is 18.5 Å². The molecule has 3 atom stereocenters. The Morgan fingerprint density at radius 2 is 1.85 bits per heavy atom. The fourth-order valence-electron chi connectivity index (χ4n) is 6.63. The number of hydrogen-bond acceptors (Lipinski definition) is 7. The Morgan fingerprint density at radius 1 is 1.10 bits per heavy atom. The molecule has 4 aliphatic rings. The third-order valence-corrected chi connectivity index (χ3v) is 9.18. The molecule has 1 amide bonds. The van der Waals surface area contributed by atoms with Gasteiger partial charge in [-0.15, -0.1) is 0 Å². The number of carbonyl (C=O) groups is 1. The van der Waals surface area contributed by atoms with Crippen molar-refractivity contribution in [3.8, 4) is 0 Å². The molecular weight excluding hydrogens is 535 g/mol.